The van der Waals surface area contributed by atoms with E-state index < -0.39 is 0 Å². The van der Waals surface area contributed by atoms with Crippen LogP contribution in [0.4, 0.5) is 5.82 Å². The molecule has 0 aliphatic heterocycles. The summed E-state index contributed by atoms with van der Waals surface area (Å²) in [5.41, 5.74) is 2.75. The summed E-state index contributed by atoms with van der Waals surface area (Å²) < 4.78 is 1.81. The van der Waals surface area contributed by atoms with Gasteiger partial charge in [0.25, 0.3) is 0 Å². The Bertz CT molecular complexity index is 951. The van der Waals surface area contributed by atoms with E-state index in [1.165, 1.54) is 0 Å². The summed E-state index contributed by atoms with van der Waals surface area (Å²) in [7, 11) is 0. The molecule has 32 heavy (non-hydrogen) atoms. The Balaban J connectivity index is 1.82. The van der Waals surface area contributed by atoms with Crippen LogP contribution in [0, 0.1) is 18.8 Å². The van der Waals surface area contributed by atoms with E-state index in [1.54, 1.807) is 9.58 Å². The zero-order valence-electron chi connectivity index (χ0n) is 20.4. The van der Waals surface area contributed by atoms with Gasteiger partial charge in [0.1, 0.15) is 5.82 Å². The topological polar surface area (TPSA) is 67.2 Å². The average Bonchev–Trinajstić information content (AvgIpc) is 3.07. The summed E-state index contributed by atoms with van der Waals surface area (Å²) in [5, 5.41) is 7.86. The fourth-order valence-corrected chi connectivity index (χ4v) is 3.77. The highest BCUT2D eigenvalue weighted by Crippen LogP contribution is 2.29. The van der Waals surface area contributed by atoms with Gasteiger partial charge in [0.2, 0.25) is 11.8 Å². The van der Waals surface area contributed by atoms with Crippen molar-refractivity contribution in [2.24, 2.45) is 11.8 Å². The van der Waals surface area contributed by atoms with Crippen molar-refractivity contribution in [3.8, 4) is 5.69 Å². The molecule has 0 saturated heterocycles. The van der Waals surface area contributed by atoms with E-state index in [-0.39, 0.29) is 29.7 Å². The lowest BCUT2D eigenvalue weighted by Crippen LogP contribution is -2.44. The third-order valence-corrected chi connectivity index (χ3v) is 6.17. The first kappa shape index (κ1) is 24.0. The maximum atomic E-state index is 13.1. The molecule has 1 heterocycles. The van der Waals surface area contributed by atoms with Gasteiger partial charge in [-0.15, -0.1) is 0 Å². The minimum absolute atomic E-state index is 0.0753. The normalized spacial score (nSPS) is 14.3. The van der Waals surface area contributed by atoms with Gasteiger partial charge in [0.05, 0.1) is 17.9 Å². The minimum atomic E-state index is -0.184. The first-order chi connectivity index (χ1) is 15.1. The van der Waals surface area contributed by atoms with Crippen LogP contribution < -0.4 is 5.32 Å². The number of benzene rings is 1. The monoisotopic (exact) mass is 438 g/mol. The Hall–Kier alpha value is -2.63. The van der Waals surface area contributed by atoms with Crippen LogP contribution in [0.25, 0.3) is 5.69 Å². The summed E-state index contributed by atoms with van der Waals surface area (Å²) in [6.07, 6.45) is 3.87. The summed E-state index contributed by atoms with van der Waals surface area (Å²) in [4.78, 5) is 27.8. The lowest BCUT2D eigenvalue weighted by atomic mass is 9.84. The number of amides is 2. The number of rotatable bonds is 8. The fraction of sp³-hybridized carbons (Fsp3) is 0.577. The smallest absolute Gasteiger partial charge is 0.245 e. The van der Waals surface area contributed by atoms with Crippen LogP contribution in [-0.4, -0.2) is 39.6 Å². The second-order valence-corrected chi connectivity index (χ2v) is 10.5. The summed E-state index contributed by atoms with van der Waals surface area (Å²) in [6, 6.07) is 9.93. The number of aryl methyl sites for hydroxylation is 1. The molecule has 3 rings (SSSR count). The molecule has 1 aliphatic carbocycles. The molecule has 0 atom stereocenters. The molecular weight excluding hydrogens is 400 g/mol. The Morgan fingerprint density at radius 3 is 2.47 bits per heavy atom. The highest BCUT2D eigenvalue weighted by atomic mass is 16.2. The lowest BCUT2D eigenvalue weighted by Gasteiger charge is -2.31. The molecule has 0 spiro atoms. The average molecular weight is 439 g/mol. The van der Waals surface area contributed by atoms with Crippen LogP contribution >= 0.6 is 0 Å². The third kappa shape index (κ3) is 5.78. The largest absolute Gasteiger partial charge is 0.333 e. The van der Waals surface area contributed by atoms with Gasteiger partial charge in [-0.05, 0) is 43.7 Å². The Kier molecular flexibility index (Phi) is 7.42. The van der Waals surface area contributed by atoms with Crippen LogP contribution in [0.3, 0.4) is 0 Å². The number of carbonyl (C=O) groups is 2. The van der Waals surface area contributed by atoms with Crippen LogP contribution in [0.15, 0.2) is 30.3 Å². The second kappa shape index (κ2) is 9.88. The molecule has 1 saturated carbocycles. The molecule has 2 aromatic rings. The number of hydrogen-bond donors (Lipinski definition) is 1. The van der Waals surface area contributed by atoms with E-state index in [2.05, 4.69) is 39.9 Å². The van der Waals surface area contributed by atoms with E-state index in [4.69, 9.17) is 5.10 Å². The van der Waals surface area contributed by atoms with Gasteiger partial charge in [-0.25, -0.2) is 4.68 Å². The molecule has 0 bridgehead atoms. The van der Waals surface area contributed by atoms with Crippen molar-refractivity contribution in [2.75, 3.05) is 18.4 Å². The van der Waals surface area contributed by atoms with E-state index >= 15 is 0 Å². The van der Waals surface area contributed by atoms with Crippen LogP contribution in [0.2, 0.25) is 0 Å². The maximum Gasteiger partial charge on any atom is 0.245 e. The van der Waals surface area contributed by atoms with Crippen LogP contribution in [-0.2, 0) is 15.0 Å². The summed E-state index contributed by atoms with van der Waals surface area (Å²) in [6.45, 7) is 13.3. The van der Waals surface area contributed by atoms with Crippen molar-refractivity contribution in [1.82, 2.24) is 14.7 Å². The molecule has 0 unspecified atom stereocenters. The number of para-hydroxylation sites is 1. The number of nitrogens with one attached hydrogen (secondary N) is 1. The van der Waals surface area contributed by atoms with Gasteiger partial charge < -0.3 is 10.2 Å². The number of hydrogen-bond acceptors (Lipinski definition) is 3. The Labute approximate surface area is 192 Å². The quantitative estimate of drug-likeness (QED) is 0.624. The number of nitrogens with zero attached hydrogens (tertiary/aromatic N) is 3. The first-order valence-corrected chi connectivity index (χ1v) is 11.8. The molecule has 1 fully saturated rings. The fourth-order valence-electron chi connectivity index (χ4n) is 3.77. The van der Waals surface area contributed by atoms with E-state index in [1.807, 2.05) is 37.3 Å². The molecule has 2 amide bonds. The van der Waals surface area contributed by atoms with E-state index in [0.717, 1.165) is 42.6 Å². The highest BCUT2D eigenvalue weighted by molar-refractivity contribution is 5.94. The zero-order valence-corrected chi connectivity index (χ0v) is 20.4. The minimum Gasteiger partial charge on any atom is -0.333 e. The van der Waals surface area contributed by atoms with Crippen LogP contribution in [0.1, 0.15) is 71.6 Å². The SMILES string of the molecule is Cc1ccccc1-n1nc(C(C)(C)C)cc1NC(=O)CN(CCC(C)C)C(=O)C1CCC1. The highest BCUT2D eigenvalue weighted by Gasteiger charge is 2.30. The van der Waals surface area contributed by atoms with E-state index in [9.17, 15) is 9.59 Å². The molecule has 1 aromatic heterocycles. The van der Waals surface area contributed by atoms with Crippen molar-refractivity contribution < 1.29 is 9.59 Å². The molecule has 6 nitrogen and oxygen atoms in total. The van der Waals surface area contributed by atoms with Gasteiger partial charge in [-0.3, -0.25) is 9.59 Å². The Morgan fingerprint density at radius 2 is 1.91 bits per heavy atom. The molecule has 1 aromatic carbocycles. The van der Waals surface area contributed by atoms with Crippen molar-refractivity contribution in [2.45, 2.75) is 72.6 Å². The Morgan fingerprint density at radius 1 is 1.22 bits per heavy atom. The molecule has 6 heteroatoms. The van der Waals surface area contributed by atoms with Crippen molar-refractivity contribution in [3.63, 3.8) is 0 Å². The number of anilines is 1. The van der Waals surface area contributed by atoms with Crippen molar-refractivity contribution in [3.05, 3.63) is 41.6 Å². The van der Waals surface area contributed by atoms with Gasteiger partial charge >= 0.3 is 0 Å². The standard InChI is InChI=1S/C26H38N4O2/c1-18(2)14-15-29(25(32)20-11-9-12-20)17-24(31)27-23-16-22(26(4,5)6)28-30(23)21-13-8-7-10-19(21)3/h7-8,10,13,16,18,20H,9,11-12,14-15,17H2,1-6H3,(H,27,31). The molecule has 0 radical (unpaired) electrons. The van der Waals surface area contributed by atoms with Crippen molar-refractivity contribution in [1.29, 1.82) is 0 Å². The molecular formula is C26H38N4O2. The maximum absolute atomic E-state index is 13.1. The van der Waals surface area contributed by atoms with Gasteiger partial charge in [0.15, 0.2) is 0 Å². The summed E-state index contributed by atoms with van der Waals surface area (Å²) in [5.74, 6) is 1.13. The van der Waals surface area contributed by atoms with E-state index in [0.29, 0.717) is 18.3 Å². The molecule has 1 aliphatic rings. The van der Waals surface area contributed by atoms with Crippen molar-refractivity contribution >= 4 is 17.6 Å². The van der Waals surface area contributed by atoms with Crippen LogP contribution in [0.5, 0.6) is 0 Å². The molecule has 174 valence electrons. The zero-order chi connectivity index (χ0) is 23.5. The predicted octanol–water partition coefficient (Wildman–Crippen LogP) is 5.09. The lowest BCUT2D eigenvalue weighted by molar-refractivity contribution is -0.140. The van der Waals surface area contributed by atoms with Gasteiger partial charge in [0, 0.05) is 23.9 Å². The second-order valence-electron chi connectivity index (χ2n) is 10.5. The van der Waals surface area contributed by atoms with Gasteiger partial charge in [-0.1, -0.05) is 59.2 Å². The summed E-state index contributed by atoms with van der Waals surface area (Å²) >= 11 is 0. The van der Waals surface area contributed by atoms with Gasteiger partial charge in [-0.2, -0.15) is 5.10 Å². The predicted molar refractivity (Wildman–Crippen MR) is 129 cm³/mol. The molecule has 1 N–H and O–H groups in total. The first-order valence-electron chi connectivity index (χ1n) is 11.8. The number of carbonyl (C=O) groups excluding carboxylic acids is 2. The third-order valence-electron chi connectivity index (χ3n) is 6.17. The number of aromatic nitrogens is 2.